The molecule has 17 heavy (non-hydrogen) atoms. The smallest absolute Gasteiger partial charge is 0.145 e. The summed E-state index contributed by atoms with van der Waals surface area (Å²) in [5.74, 6) is 0.560. The van der Waals surface area contributed by atoms with Crippen LogP contribution in [-0.4, -0.2) is 58.7 Å². The van der Waals surface area contributed by atoms with E-state index in [4.69, 9.17) is 10.5 Å². The van der Waals surface area contributed by atoms with Crippen LogP contribution in [0.5, 0.6) is 0 Å². The number of rotatable bonds is 5. The number of aromatic nitrogens is 2. The molecule has 0 radical (unpaired) electrons. The molecule has 1 aliphatic rings. The number of aryl methyl sites for hydroxylation is 1. The highest BCUT2D eigenvalue weighted by Crippen LogP contribution is 2.07. The number of ether oxygens (including phenoxy) is 1. The van der Waals surface area contributed by atoms with Crippen molar-refractivity contribution in [3.05, 3.63) is 12.3 Å². The zero-order chi connectivity index (χ0) is 12.1. The van der Waals surface area contributed by atoms with Gasteiger partial charge in [-0.05, 0) is 12.5 Å². The van der Waals surface area contributed by atoms with Gasteiger partial charge in [0.2, 0.25) is 0 Å². The topological polar surface area (TPSA) is 76.5 Å². The Morgan fingerprint density at radius 2 is 2.41 bits per heavy atom. The quantitative estimate of drug-likeness (QED) is 0.729. The van der Waals surface area contributed by atoms with Crippen molar-refractivity contribution < 1.29 is 9.84 Å². The number of aliphatic hydroxyl groups excluding tert-OH is 1. The number of morpholine rings is 1. The summed E-state index contributed by atoms with van der Waals surface area (Å²) in [5.41, 5.74) is 5.54. The number of anilines is 1. The first-order valence-electron chi connectivity index (χ1n) is 6.01. The minimum Gasteiger partial charge on any atom is -0.395 e. The number of hydrogen-bond acceptors (Lipinski definition) is 5. The highest BCUT2D eigenvalue weighted by atomic mass is 16.5. The highest BCUT2D eigenvalue weighted by molar-refractivity contribution is 5.23. The standard InChI is InChI=1S/C11H20N4O2/c12-11-2-5-15(13-11)4-1-3-14-6-7-17-9-10(14)8-16/h2,5,10,16H,1,3-4,6-9H2,(H2,12,13). The molecular weight excluding hydrogens is 220 g/mol. The fraction of sp³-hybridized carbons (Fsp3) is 0.727. The molecule has 0 aliphatic carbocycles. The first-order chi connectivity index (χ1) is 8.29. The zero-order valence-corrected chi connectivity index (χ0v) is 9.96. The predicted molar refractivity (Wildman–Crippen MR) is 64.5 cm³/mol. The van der Waals surface area contributed by atoms with Gasteiger partial charge >= 0.3 is 0 Å². The minimum absolute atomic E-state index is 0.145. The van der Waals surface area contributed by atoms with Crippen molar-refractivity contribution in [2.75, 3.05) is 38.6 Å². The summed E-state index contributed by atoms with van der Waals surface area (Å²) >= 11 is 0. The maximum absolute atomic E-state index is 9.23. The Kier molecular flexibility index (Phi) is 4.36. The molecule has 6 nitrogen and oxygen atoms in total. The fourth-order valence-electron chi connectivity index (χ4n) is 2.09. The Labute approximate surface area is 101 Å². The summed E-state index contributed by atoms with van der Waals surface area (Å²) in [6.07, 6.45) is 2.88. The Bertz CT molecular complexity index is 342. The first kappa shape index (κ1) is 12.3. The molecule has 1 fully saturated rings. The molecule has 0 bridgehead atoms. The summed E-state index contributed by atoms with van der Waals surface area (Å²) in [4.78, 5) is 2.27. The molecule has 0 saturated carbocycles. The van der Waals surface area contributed by atoms with Crippen LogP contribution < -0.4 is 5.73 Å². The van der Waals surface area contributed by atoms with Crippen molar-refractivity contribution in [1.82, 2.24) is 14.7 Å². The lowest BCUT2D eigenvalue weighted by Crippen LogP contribution is -2.47. The van der Waals surface area contributed by atoms with E-state index >= 15 is 0 Å². The van der Waals surface area contributed by atoms with Crippen LogP contribution in [0.2, 0.25) is 0 Å². The van der Waals surface area contributed by atoms with Crippen molar-refractivity contribution in [2.24, 2.45) is 0 Å². The molecule has 2 heterocycles. The normalized spacial score (nSPS) is 21.8. The third-order valence-corrected chi connectivity index (χ3v) is 3.05. The van der Waals surface area contributed by atoms with E-state index in [2.05, 4.69) is 10.00 Å². The Hall–Kier alpha value is -1.11. The summed E-state index contributed by atoms with van der Waals surface area (Å²) in [6, 6.07) is 1.94. The van der Waals surface area contributed by atoms with E-state index in [-0.39, 0.29) is 12.6 Å². The number of nitrogen functional groups attached to an aromatic ring is 1. The molecule has 1 aliphatic heterocycles. The fourth-order valence-corrected chi connectivity index (χ4v) is 2.09. The zero-order valence-electron chi connectivity index (χ0n) is 9.96. The molecule has 0 amide bonds. The second-order valence-electron chi connectivity index (χ2n) is 4.30. The largest absolute Gasteiger partial charge is 0.395 e. The molecular formula is C11H20N4O2. The Balaban J connectivity index is 1.73. The van der Waals surface area contributed by atoms with E-state index in [1.165, 1.54) is 0 Å². The predicted octanol–water partition coefficient (Wildman–Crippen LogP) is -0.451. The molecule has 1 atom stereocenters. The van der Waals surface area contributed by atoms with Crippen LogP contribution in [0.25, 0.3) is 0 Å². The van der Waals surface area contributed by atoms with Crippen LogP contribution >= 0.6 is 0 Å². The maximum Gasteiger partial charge on any atom is 0.145 e. The molecule has 1 unspecified atom stereocenters. The number of nitrogens with two attached hydrogens (primary N) is 1. The Morgan fingerprint density at radius 1 is 1.53 bits per heavy atom. The highest BCUT2D eigenvalue weighted by Gasteiger charge is 2.21. The van der Waals surface area contributed by atoms with Crippen LogP contribution in [0.3, 0.4) is 0 Å². The number of aliphatic hydroxyl groups is 1. The van der Waals surface area contributed by atoms with Crippen LogP contribution in [0.4, 0.5) is 5.82 Å². The molecule has 3 N–H and O–H groups in total. The van der Waals surface area contributed by atoms with Crippen molar-refractivity contribution in [2.45, 2.75) is 19.0 Å². The van der Waals surface area contributed by atoms with Crippen LogP contribution in [-0.2, 0) is 11.3 Å². The van der Waals surface area contributed by atoms with Crippen molar-refractivity contribution in [3.63, 3.8) is 0 Å². The van der Waals surface area contributed by atoms with Crippen LogP contribution in [0.1, 0.15) is 6.42 Å². The van der Waals surface area contributed by atoms with Crippen molar-refractivity contribution in [3.8, 4) is 0 Å². The third kappa shape index (κ3) is 3.42. The molecule has 0 spiro atoms. The Morgan fingerprint density at radius 3 is 3.12 bits per heavy atom. The van der Waals surface area contributed by atoms with Gasteiger partial charge < -0.3 is 15.6 Å². The van der Waals surface area contributed by atoms with E-state index < -0.39 is 0 Å². The maximum atomic E-state index is 9.23. The molecule has 6 heteroatoms. The molecule has 2 rings (SSSR count). The summed E-state index contributed by atoms with van der Waals surface area (Å²) in [7, 11) is 0. The van der Waals surface area contributed by atoms with Gasteiger partial charge in [-0.15, -0.1) is 0 Å². The van der Waals surface area contributed by atoms with Gasteiger partial charge in [0.05, 0.1) is 25.9 Å². The lowest BCUT2D eigenvalue weighted by atomic mass is 10.2. The van der Waals surface area contributed by atoms with Gasteiger partial charge in [-0.2, -0.15) is 5.10 Å². The van der Waals surface area contributed by atoms with Gasteiger partial charge in [0.1, 0.15) is 5.82 Å². The van der Waals surface area contributed by atoms with Gasteiger partial charge in [0.15, 0.2) is 0 Å². The molecule has 1 saturated heterocycles. The second kappa shape index (κ2) is 6.00. The van der Waals surface area contributed by atoms with Gasteiger partial charge in [-0.1, -0.05) is 0 Å². The lowest BCUT2D eigenvalue weighted by Gasteiger charge is -2.34. The second-order valence-corrected chi connectivity index (χ2v) is 4.30. The van der Waals surface area contributed by atoms with Gasteiger partial charge in [0, 0.05) is 25.8 Å². The number of hydrogen-bond donors (Lipinski definition) is 2. The van der Waals surface area contributed by atoms with E-state index in [1.54, 1.807) is 6.07 Å². The average molecular weight is 240 g/mol. The van der Waals surface area contributed by atoms with Crippen LogP contribution in [0.15, 0.2) is 12.3 Å². The SMILES string of the molecule is Nc1ccn(CCCN2CCOCC2CO)n1. The third-order valence-electron chi connectivity index (χ3n) is 3.05. The van der Waals surface area contributed by atoms with Crippen LogP contribution in [0, 0.1) is 0 Å². The van der Waals surface area contributed by atoms with E-state index in [9.17, 15) is 5.11 Å². The first-order valence-corrected chi connectivity index (χ1v) is 6.01. The number of nitrogens with zero attached hydrogens (tertiary/aromatic N) is 3. The molecule has 1 aromatic heterocycles. The monoisotopic (exact) mass is 240 g/mol. The molecule has 96 valence electrons. The van der Waals surface area contributed by atoms with Crippen molar-refractivity contribution in [1.29, 1.82) is 0 Å². The summed E-state index contributed by atoms with van der Waals surface area (Å²) in [5, 5.41) is 13.4. The average Bonchev–Trinajstić information content (AvgIpc) is 2.76. The van der Waals surface area contributed by atoms with Crippen molar-refractivity contribution >= 4 is 5.82 Å². The lowest BCUT2D eigenvalue weighted by molar-refractivity contribution is -0.0280. The van der Waals surface area contributed by atoms with E-state index in [0.29, 0.717) is 12.4 Å². The molecule has 1 aromatic rings. The minimum atomic E-state index is 0.145. The van der Waals surface area contributed by atoms with Gasteiger partial charge in [0.25, 0.3) is 0 Å². The summed E-state index contributed by atoms with van der Waals surface area (Å²) in [6.45, 7) is 4.25. The van der Waals surface area contributed by atoms with Gasteiger partial charge in [-0.3, -0.25) is 9.58 Å². The summed E-state index contributed by atoms with van der Waals surface area (Å²) < 4.78 is 7.19. The van der Waals surface area contributed by atoms with E-state index in [0.717, 1.165) is 32.7 Å². The van der Waals surface area contributed by atoms with Gasteiger partial charge in [-0.25, -0.2) is 0 Å². The molecule has 0 aromatic carbocycles. The van der Waals surface area contributed by atoms with E-state index in [1.807, 2.05) is 10.9 Å².